The van der Waals surface area contributed by atoms with Crippen molar-refractivity contribution in [3.63, 3.8) is 0 Å². The number of hydrogen-bond donors (Lipinski definition) is 3. The van der Waals surface area contributed by atoms with Gasteiger partial charge in [-0.05, 0) is 27.7 Å². The molecule has 0 aliphatic heterocycles. The summed E-state index contributed by atoms with van der Waals surface area (Å²) in [5.41, 5.74) is 0.737. The Hall–Kier alpha value is -1.89. The van der Waals surface area contributed by atoms with Crippen LogP contribution in [0.2, 0.25) is 0 Å². The van der Waals surface area contributed by atoms with Crippen molar-refractivity contribution in [2.24, 2.45) is 0 Å². The molecule has 7 nitrogen and oxygen atoms in total. The lowest BCUT2D eigenvalue weighted by molar-refractivity contribution is 0.182. The number of aromatic nitrogens is 4. The second-order valence-electron chi connectivity index (χ2n) is 5.63. The van der Waals surface area contributed by atoms with Crippen LogP contribution in [0.3, 0.4) is 0 Å². The summed E-state index contributed by atoms with van der Waals surface area (Å²) in [6.07, 6.45) is 1.75. The normalized spacial score (nSPS) is 11.8. The van der Waals surface area contributed by atoms with Gasteiger partial charge in [-0.1, -0.05) is 0 Å². The van der Waals surface area contributed by atoms with Gasteiger partial charge in [0.05, 0.1) is 11.6 Å². The summed E-state index contributed by atoms with van der Waals surface area (Å²) >= 11 is 0. The van der Waals surface area contributed by atoms with E-state index in [2.05, 4.69) is 63.4 Å². The van der Waals surface area contributed by atoms with Gasteiger partial charge >= 0.3 is 0 Å². The molecular weight excluding hydrogens is 266 g/mol. The first-order chi connectivity index (χ1) is 10.0. The number of anilines is 2. The van der Waals surface area contributed by atoms with Crippen LogP contribution in [-0.2, 0) is 0 Å². The first kappa shape index (κ1) is 15.5. The fourth-order valence-electron chi connectivity index (χ4n) is 2.50. The van der Waals surface area contributed by atoms with E-state index in [0.29, 0.717) is 18.0 Å². The van der Waals surface area contributed by atoms with E-state index in [-0.39, 0.29) is 0 Å². The first-order valence-corrected chi connectivity index (χ1v) is 7.41. The van der Waals surface area contributed by atoms with Crippen molar-refractivity contribution in [3.05, 3.63) is 6.20 Å². The maximum atomic E-state index is 4.47. The van der Waals surface area contributed by atoms with E-state index in [4.69, 9.17) is 0 Å². The van der Waals surface area contributed by atoms with E-state index in [1.54, 1.807) is 13.2 Å². The molecule has 0 spiro atoms. The van der Waals surface area contributed by atoms with E-state index >= 15 is 0 Å². The minimum Gasteiger partial charge on any atom is -0.368 e. The summed E-state index contributed by atoms with van der Waals surface area (Å²) in [6, 6.07) is 1.05. The average Bonchev–Trinajstić information content (AvgIpc) is 2.90. The van der Waals surface area contributed by atoms with E-state index in [1.165, 1.54) is 0 Å². The summed E-state index contributed by atoms with van der Waals surface area (Å²) in [7, 11) is 1.81. The number of aromatic amines is 1. The molecule has 0 aliphatic carbocycles. The highest BCUT2D eigenvalue weighted by Gasteiger charge is 2.13. The molecular formula is C14H25N7. The number of nitrogens with zero attached hydrogens (tertiary/aromatic N) is 4. The van der Waals surface area contributed by atoms with Gasteiger partial charge in [-0.3, -0.25) is 10.00 Å². The molecule has 2 heterocycles. The molecule has 0 aromatic carbocycles. The smallest absolute Gasteiger partial charge is 0.226 e. The van der Waals surface area contributed by atoms with Gasteiger partial charge in [-0.15, -0.1) is 0 Å². The van der Waals surface area contributed by atoms with Gasteiger partial charge in [0.15, 0.2) is 5.65 Å². The van der Waals surface area contributed by atoms with Crippen LogP contribution in [0.1, 0.15) is 27.7 Å². The van der Waals surface area contributed by atoms with Gasteiger partial charge < -0.3 is 10.6 Å². The van der Waals surface area contributed by atoms with E-state index in [0.717, 1.165) is 29.9 Å². The highest BCUT2D eigenvalue weighted by atomic mass is 15.2. The zero-order chi connectivity index (χ0) is 15.4. The van der Waals surface area contributed by atoms with Crippen molar-refractivity contribution in [2.75, 3.05) is 30.8 Å². The van der Waals surface area contributed by atoms with Crippen molar-refractivity contribution in [1.29, 1.82) is 0 Å². The topological polar surface area (TPSA) is 81.8 Å². The molecule has 0 bridgehead atoms. The minimum absolute atomic E-state index is 0.527. The number of H-pyrrole nitrogens is 1. The number of fused-ring (bicyclic) bond motifs is 1. The Morgan fingerprint density at radius 1 is 1.19 bits per heavy atom. The highest BCUT2D eigenvalue weighted by Crippen LogP contribution is 2.19. The van der Waals surface area contributed by atoms with Crippen molar-refractivity contribution >= 4 is 22.8 Å². The molecule has 3 N–H and O–H groups in total. The van der Waals surface area contributed by atoms with Crippen LogP contribution in [0.25, 0.3) is 11.0 Å². The summed E-state index contributed by atoms with van der Waals surface area (Å²) < 4.78 is 0. The number of nitrogens with one attached hydrogen (secondary N) is 3. The molecule has 0 saturated heterocycles. The molecule has 0 fully saturated rings. The van der Waals surface area contributed by atoms with E-state index in [9.17, 15) is 0 Å². The zero-order valence-electron chi connectivity index (χ0n) is 13.4. The van der Waals surface area contributed by atoms with Crippen LogP contribution in [-0.4, -0.2) is 57.3 Å². The lowest BCUT2D eigenvalue weighted by Gasteiger charge is -2.30. The third kappa shape index (κ3) is 3.60. The Balaban J connectivity index is 2.07. The number of hydrogen-bond acceptors (Lipinski definition) is 6. The van der Waals surface area contributed by atoms with Crippen molar-refractivity contribution in [3.8, 4) is 0 Å². The lowest BCUT2D eigenvalue weighted by Crippen LogP contribution is -2.40. The van der Waals surface area contributed by atoms with E-state index in [1.807, 2.05) is 0 Å². The predicted octanol–water partition coefficient (Wildman–Crippen LogP) is 1.93. The summed E-state index contributed by atoms with van der Waals surface area (Å²) in [6.45, 7) is 10.7. The van der Waals surface area contributed by atoms with Crippen LogP contribution in [0.15, 0.2) is 6.20 Å². The molecule has 0 radical (unpaired) electrons. The molecule has 2 rings (SSSR count). The van der Waals surface area contributed by atoms with Crippen molar-refractivity contribution < 1.29 is 0 Å². The second-order valence-corrected chi connectivity index (χ2v) is 5.63. The molecule has 116 valence electrons. The van der Waals surface area contributed by atoms with Gasteiger partial charge in [0.2, 0.25) is 5.95 Å². The van der Waals surface area contributed by atoms with Crippen LogP contribution < -0.4 is 10.6 Å². The molecule has 0 unspecified atom stereocenters. The Morgan fingerprint density at radius 2 is 1.90 bits per heavy atom. The quantitative estimate of drug-likeness (QED) is 0.723. The van der Waals surface area contributed by atoms with Crippen molar-refractivity contribution in [2.45, 2.75) is 39.8 Å². The van der Waals surface area contributed by atoms with E-state index < -0.39 is 0 Å². The molecule has 21 heavy (non-hydrogen) atoms. The summed E-state index contributed by atoms with van der Waals surface area (Å²) in [5, 5.41) is 14.2. The Bertz CT molecular complexity index is 568. The molecule has 7 heteroatoms. The molecule has 0 atom stereocenters. The molecule has 0 amide bonds. The number of rotatable bonds is 7. The Labute approximate surface area is 125 Å². The molecule has 2 aromatic heterocycles. The van der Waals surface area contributed by atoms with Crippen molar-refractivity contribution in [1.82, 2.24) is 25.1 Å². The van der Waals surface area contributed by atoms with Crippen LogP contribution in [0.4, 0.5) is 11.8 Å². The van der Waals surface area contributed by atoms with Crippen LogP contribution in [0, 0.1) is 0 Å². The Morgan fingerprint density at radius 3 is 2.52 bits per heavy atom. The average molecular weight is 291 g/mol. The lowest BCUT2D eigenvalue weighted by atomic mass is 10.2. The zero-order valence-corrected chi connectivity index (χ0v) is 13.4. The first-order valence-electron chi connectivity index (χ1n) is 7.41. The molecule has 0 aliphatic rings. The van der Waals surface area contributed by atoms with Gasteiger partial charge in [-0.25, -0.2) is 0 Å². The summed E-state index contributed by atoms with van der Waals surface area (Å²) in [5.74, 6) is 1.39. The van der Waals surface area contributed by atoms with Gasteiger partial charge in [-0.2, -0.15) is 15.1 Å². The second kappa shape index (κ2) is 6.71. The maximum absolute atomic E-state index is 4.47. The van der Waals surface area contributed by atoms with Gasteiger partial charge in [0.1, 0.15) is 5.82 Å². The summed E-state index contributed by atoms with van der Waals surface area (Å²) in [4.78, 5) is 11.2. The Kier molecular flexibility index (Phi) is 4.95. The predicted molar refractivity (Wildman–Crippen MR) is 86.7 cm³/mol. The fourth-order valence-corrected chi connectivity index (χ4v) is 2.50. The highest BCUT2D eigenvalue weighted by molar-refractivity contribution is 5.86. The van der Waals surface area contributed by atoms with Crippen LogP contribution >= 0.6 is 0 Å². The fraction of sp³-hybridized carbons (Fsp3) is 0.643. The molecule has 0 saturated carbocycles. The largest absolute Gasteiger partial charge is 0.368 e. The monoisotopic (exact) mass is 291 g/mol. The van der Waals surface area contributed by atoms with Gasteiger partial charge in [0, 0.05) is 32.2 Å². The third-order valence-electron chi connectivity index (χ3n) is 3.52. The molecule has 2 aromatic rings. The van der Waals surface area contributed by atoms with Crippen LogP contribution in [0.5, 0.6) is 0 Å². The maximum Gasteiger partial charge on any atom is 0.226 e. The third-order valence-corrected chi connectivity index (χ3v) is 3.52. The van der Waals surface area contributed by atoms with Gasteiger partial charge in [0.25, 0.3) is 0 Å². The standard InChI is InChI=1S/C14H25N7/c1-9(2)21(10(3)4)7-6-16-12-11-8-17-20-13(11)19-14(15-5)18-12/h8-10H,6-7H2,1-5H3,(H3,15,16,17,18,19,20). The minimum atomic E-state index is 0.527. The SMILES string of the molecule is CNc1nc(NCCN(C(C)C)C(C)C)c2cn[nH]c2n1.